The summed E-state index contributed by atoms with van der Waals surface area (Å²) in [5.41, 5.74) is 8.39. The monoisotopic (exact) mass is 683 g/mol. The molecule has 0 saturated carbocycles. The van der Waals surface area contributed by atoms with Gasteiger partial charge in [-0.25, -0.2) is 24.1 Å². The van der Waals surface area contributed by atoms with E-state index in [0.717, 1.165) is 19.4 Å². The lowest BCUT2D eigenvalue weighted by molar-refractivity contribution is -0.384. The summed E-state index contributed by atoms with van der Waals surface area (Å²) in [6.45, 7) is 3.37. The summed E-state index contributed by atoms with van der Waals surface area (Å²) in [4.78, 5) is 43.3. The average molecular weight is 684 g/mol. The first-order chi connectivity index (χ1) is 21.7. The molecule has 1 aromatic carbocycles. The zero-order chi connectivity index (χ0) is 33.8. The third-order valence-corrected chi connectivity index (χ3v) is 7.39. The molecule has 1 atom stereocenters. The van der Waals surface area contributed by atoms with Gasteiger partial charge in [-0.15, -0.1) is 0 Å². The van der Waals surface area contributed by atoms with Crippen molar-refractivity contribution in [1.82, 2.24) is 19.6 Å². The predicted molar refractivity (Wildman–Crippen MR) is 162 cm³/mol. The maximum atomic E-state index is 12.5. The van der Waals surface area contributed by atoms with Gasteiger partial charge < -0.3 is 20.5 Å². The molecule has 5 rings (SSSR count). The first-order valence-electron chi connectivity index (χ1n) is 13.7. The van der Waals surface area contributed by atoms with Crippen LogP contribution >= 0.6 is 23.2 Å². The van der Waals surface area contributed by atoms with Gasteiger partial charge in [0, 0.05) is 41.5 Å². The topological polar surface area (TPSA) is 179 Å². The molecule has 0 aliphatic carbocycles. The number of nitrogen functional groups attached to an aromatic ring is 1. The van der Waals surface area contributed by atoms with Crippen molar-refractivity contribution in [2.24, 2.45) is 5.92 Å². The fourth-order valence-electron chi connectivity index (χ4n) is 4.84. The number of hydrogen-bond donors (Lipinski definition) is 2. The molecule has 13 nitrogen and oxygen atoms in total. The van der Waals surface area contributed by atoms with E-state index in [-0.39, 0.29) is 29.7 Å². The summed E-state index contributed by atoms with van der Waals surface area (Å²) in [7, 11) is 0. The Morgan fingerprint density at radius 3 is 2.52 bits per heavy atom. The highest BCUT2D eigenvalue weighted by Gasteiger charge is 2.38. The molecule has 46 heavy (non-hydrogen) atoms. The standard InChI is InChI=1S/C26H25Cl2N7O4.C2HF3O2/c1-2-39-26(36)20-12-23-25(31-21(14-34(23)32-20)18-7-5-16(27)11-19(18)28)33-9-3-4-15(13-33)10-17-6-8-22(35(37)38)24(29)30-17;3-2(4,5)1(6)7/h5-8,11-12,14-15H,2-4,9-10,13H2,1H3,(H2,29,30);(H,6,7). The van der Waals surface area contributed by atoms with E-state index >= 15 is 0 Å². The number of nitrogens with zero attached hydrogens (tertiary/aromatic N) is 6. The van der Waals surface area contributed by atoms with Crippen molar-refractivity contribution in [2.45, 2.75) is 32.4 Å². The number of aromatic nitrogens is 4. The van der Waals surface area contributed by atoms with Crippen molar-refractivity contribution in [2.75, 3.05) is 30.3 Å². The number of fused-ring (bicyclic) bond motifs is 1. The summed E-state index contributed by atoms with van der Waals surface area (Å²) in [5, 5.41) is 23.6. The smallest absolute Gasteiger partial charge is 0.475 e. The molecule has 3 N–H and O–H groups in total. The Morgan fingerprint density at radius 2 is 1.91 bits per heavy atom. The number of pyridine rings is 1. The van der Waals surface area contributed by atoms with Crippen LogP contribution in [0.2, 0.25) is 10.0 Å². The Balaban J connectivity index is 0.000000617. The molecule has 244 valence electrons. The highest BCUT2D eigenvalue weighted by atomic mass is 35.5. The second-order valence-corrected chi connectivity index (χ2v) is 10.9. The van der Waals surface area contributed by atoms with Crippen LogP contribution in [0, 0.1) is 16.0 Å². The van der Waals surface area contributed by atoms with Crippen molar-refractivity contribution in [3.8, 4) is 11.3 Å². The molecule has 3 aromatic heterocycles. The van der Waals surface area contributed by atoms with Gasteiger partial charge in [0.05, 0.1) is 28.4 Å². The third kappa shape index (κ3) is 8.11. The number of nitrogens with two attached hydrogens (primary N) is 1. The second kappa shape index (κ2) is 14.2. The minimum atomic E-state index is -5.08. The highest BCUT2D eigenvalue weighted by Crippen LogP contribution is 2.34. The van der Waals surface area contributed by atoms with Crippen LogP contribution in [0.5, 0.6) is 0 Å². The summed E-state index contributed by atoms with van der Waals surface area (Å²) in [6.07, 6.45) is -0.917. The van der Waals surface area contributed by atoms with Crippen LogP contribution in [0.1, 0.15) is 35.9 Å². The Hall–Kier alpha value is -4.70. The Labute approximate surface area is 268 Å². The van der Waals surface area contributed by atoms with Crippen LogP contribution in [-0.2, 0) is 16.0 Å². The molecule has 1 saturated heterocycles. The highest BCUT2D eigenvalue weighted by molar-refractivity contribution is 6.36. The van der Waals surface area contributed by atoms with Gasteiger partial charge in [-0.3, -0.25) is 10.1 Å². The van der Waals surface area contributed by atoms with E-state index in [1.165, 1.54) is 6.07 Å². The van der Waals surface area contributed by atoms with Gasteiger partial charge in [-0.1, -0.05) is 23.2 Å². The molecule has 1 aliphatic rings. The van der Waals surface area contributed by atoms with Crippen molar-refractivity contribution in [3.05, 3.63) is 74.1 Å². The number of alkyl halides is 3. The van der Waals surface area contributed by atoms with Crippen LogP contribution in [0.15, 0.2) is 42.6 Å². The first kappa shape index (κ1) is 34.2. The Bertz CT molecular complexity index is 1790. The quantitative estimate of drug-likeness (QED) is 0.135. The zero-order valence-electron chi connectivity index (χ0n) is 24.0. The molecule has 18 heteroatoms. The number of anilines is 2. The number of ether oxygens (including phenoxy) is 1. The predicted octanol–water partition coefficient (Wildman–Crippen LogP) is 5.86. The summed E-state index contributed by atoms with van der Waals surface area (Å²) >= 11 is 12.6. The van der Waals surface area contributed by atoms with Crippen LogP contribution in [0.25, 0.3) is 16.8 Å². The zero-order valence-corrected chi connectivity index (χ0v) is 25.5. The molecular formula is C28H26Cl2F3N7O6. The fraction of sp³-hybridized carbons (Fsp3) is 0.321. The molecule has 0 bridgehead atoms. The molecule has 1 fully saturated rings. The van der Waals surface area contributed by atoms with Gasteiger partial charge in [0.1, 0.15) is 5.52 Å². The van der Waals surface area contributed by atoms with E-state index in [4.69, 9.17) is 48.6 Å². The number of nitro groups is 1. The molecular weight excluding hydrogens is 658 g/mol. The number of benzene rings is 1. The van der Waals surface area contributed by atoms with Crippen molar-refractivity contribution in [1.29, 1.82) is 0 Å². The molecule has 0 radical (unpaired) electrons. The number of rotatable bonds is 7. The number of carboxylic acid groups (broad SMARTS) is 1. The maximum absolute atomic E-state index is 12.5. The van der Waals surface area contributed by atoms with Crippen molar-refractivity contribution >= 4 is 58.0 Å². The normalized spacial score (nSPS) is 14.8. The third-order valence-electron chi connectivity index (χ3n) is 6.84. The lowest BCUT2D eigenvalue weighted by Gasteiger charge is -2.34. The molecule has 0 spiro atoms. The number of aliphatic carboxylic acids is 1. The van der Waals surface area contributed by atoms with Crippen molar-refractivity contribution in [3.63, 3.8) is 0 Å². The van der Waals surface area contributed by atoms with E-state index < -0.39 is 23.0 Å². The minimum Gasteiger partial charge on any atom is -0.475 e. The maximum Gasteiger partial charge on any atom is 0.490 e. The van der Waals surface area contributed by atoms with Gasteiger partial charge in [0.25, 0.3) is 0 Å². The summed E-state index contributed by atoms with van der Waals surface area (Å²) < 4.78 is 38.5. The van der Waals surface area contributed by atoms with E-state index in [1.807, 2.05) is 0 Å². The molecule has 4 heterocycles. The van der Waals surface area contributed by atoms with Crippen LogP contribution in [-0.4, -0.2) is 67.4 Å². The Morgan fingerprint density at radius 1 is 1.20 bits per heavy atom. The number of halogens is 5. The molecule has 1 unspecified atom stereocenters. The van der Waals surface area contributed by atoms with Gasteiger partial charge in [-0.2, -0.15) is 18.3 Å². The van der Waals surface area contributed by atoms with Crippen molar-refractivity contribution < 1.29 is 37.5 Å². The van der Waals surface area contributed by atoms with E-state index in [1.54, 1.807) is 48.0 Å². The number of carbonyl (C=O) groups is 2. The number of carbonyl (C=O) groups excluding carboxylic acids is 1. The largest absolute Gasteiger partial charge is 0.490 e. The van der Waals surface area contributed by atoms with Gasteiger partial charge in [0.2, 0.25) is 5.82 Å². The van der Waals surface area contributed by atoms with Crippen LogP contribution in [0.4, 0.5) is 30.5 Å². The summed E-state index contributed by atoms with van der Waals surface area (Å²) in [5.74, 6) is -2.51. The van der Waals surface area contributed by atoms with Gasteiger partial charge >= 0.3 is 23.8 Å². The SMILES string of the molecule is CCOC(=O)c1cc2c(N3CCCC(Cc4ccc([N+](=O)[O-])c(N)n4)C3)nc(-c3ccc(Cl)cc3Cl)cn2n1.O=C(O)C(F)(F)F. The second-order valence-electron chi connectivity index (χ2n) is 10.1. The first-order valence-corrected chi connectivity index (χ1v) is 14.4. The lowest BCUT2D eigenvalue weighted by Crippen LogP contribution is -2.37. The van der Waals surface area contributed by atoms with Crippen LogP contribution in [0.3, 0.4) is 0 Å². The van der Waals surface area contributed by atoms with E-state index in [0.29, 0.717) is 51.3 Å². The van der Waals surface area contributed by atoms with E-state index in [9.17, 15) is 28.1 Å². The number of esters is 1. The van der Waals surface area contributed by atoms with E-state index in [2.05, 4.69) is 15.0 Å². The molecule has 1 aliphatic heterocycles. The minimum absolute atomic E-state index is 0.0909. The van der Waals surface area contributed by atoms with Gasteiger partial charge in [-0.05, 0) is 56.4 Å². The molecule has 4 aromatic rings. The Kier molecular flexibility index (Phi) is 10.5. The number of piperidine rings is 1. The summed E-state index contributed by atoms with van der Waals surface area (Å²) in [6, 6.07) is 9.90. The fourth-order valence-corrected chi connectivity index (χ4v) is 5.34. The molecule has 0 amide bonds. The number of hydrogen-bond acceptors (Lipinski definition) is 10. The van der Waals surface area contributed by atoms with Gasteiger partial charge in [0.15, 0.2) is 11.5 Å². The number of carboxylic acids is 1. The average Bonchev–Trinajstić information content (AvgIpc) is 3.41. The lowest BCUT2D eigenvalue weighted by atomic mass is 9.93. The van der Waals surface area contributed by atoms with Crippen LogP contribution < -0.4 is 10.6 Å².